The predicted octanol–water partition coefficient (Wildman–Crippen LogP) is 3.26. The first-order valence-electron chi connectivity index (χ1n) is 7.04. The van der Waals surface area contributed by atoms with E-state index in [4.69, 9.17) is 0 Å². The van der Waals surface area contributed by atoms with E-state index in [1.54, 1.807) is 42.4 Å². The second kappa shape index (κ2) is 8.67. The first-order valence-corrected chi connectivity index (χ1v) is 7.04. The van der Waals surface area contributed by atoms with E-state index in [1.807, 2.05) is 19.9 Å². The minimum atomic E-state index is -0.158. The van der Waals surface area contributed by atoms with Crippen molar-refractivity contribution in [1.29, 1.82) is 0 Å². The Hall–Kier alpha value is -2.56. The molecule has 0 radical (unpaired) electrons. The number of aliphatic imine (C=N–C) groups is 1. The van der Waals surface area contributed by atoms with Crippen LogP contribution in [0.2, 0.25) is 0 Å². The summed E-state index contributed by atoms with van der Waals surface area (Å²) in [6.45, 7) is 7.84. The van der Waals surface area contributed by atoms with Crippen LogP contribution in [0.1, 0.15) is 25.5 Å². The topological polar surface area (TPSA) is 64.9 Å². The zero-order valence-corrected chi connectivity index (χ0v) is 13.3. The van der Waals surface area contributed by atoms with Crippen LogP contribution >= 0.6 is 0 Å². The van der Waals surface area contributed by atoms with Gasteiger partial charge in [0.1, 0.15) is 5.75 Å². The lowest BCUT2D eigenvalue weighted by Crippen LogP contribution is -2.39. The maximum absolute atomic E-state index is 12.1. The molecule has 0 aliphatic heterocycles. The molecule has 0 bridgehead atoms. The summed E-state index contributed by atoms with van der Waals surface area (Å²) in [5, 5.41) is 12.2. The van der Waals surface area contributed by atoms with Gasteiger partial charge in [-0.2, -0.15) is 0 Å². The molecule has 0 saturated carbocycles. The highest BCUT2D eigenvalue weighted by atomic mass is 16.3. The van der Waals surface area contributed by atoms with E-state index in [1.165, 1.54) is 6.20 Å². The number of nitrogens with zero attached hydrogens (tertiary/aromatic N) is 2. The summed E-state index contributed by atoms with van der Waals surface area (Å²) in [5.41, 5.74) is 1.95. The first kappa shape index (κ1) is 17.5. The molecule has 2 N–H and O–H groups in total. The average molecular weight is 301 g/mol. The molecular formula is C17H23N3O2. The first-order chi connectivity index (χ1) is 10.4. The number of urea groups is 1. The number of allylic oxidation sites excluding steroid dienone is 1. The number of rotatable bonds is 6. The number of nitrogens with one attached hydrogen (secondary N) is 1. The summed E-state index contributed by atoms with van der Waals surface area (Å²) in [5.74, 6) is 0.210. The molecule has 0 aliphatic carbocycles. The molecule has 5 heteroatoms. The summed E-state index contributed by atoms with van der Waals surface area (Å²) in [6, 6.07) is 6.49. The van der Waals surface area contributed by atoms with Crippen LogP contribution in [-0.4, -0.2) is 35.8 Å². The van der Waals surface area contributed by atoms with Gasteiger partial charge in [-0.1, -0.05) is 24.3 Å². The molecule has 0 spiro atoms. The Morgan fingerprint density at radius 1 is 1.45 bits per heavy atom. The molecule has 0 saturated heterocycles. The van der Waals surface area contributed by atoms with Gasteiger partial charge >= 0.3 is 6.03 Å². The molecule has 0 fully saturated rings. The quantitative estimate of drug-likeness (QED) is 0.792. The number of carbonyl (C=O) groups excluding carboxylic acids is 1. The van der Waals surface area contributed by atoms with Crippen LogP contribution < -0.4 is 5.32 Å². The van der Waals surface area contributed by atoms with Gasteiger partial charge in [-0.3, -0.25) is 4.99 Å². The third-order valence-electron chi connectivity index (χ3n) is 3.12. The highest BCUT2D eigenvalue weighted by Gasteiger charge is 2.13. The fourth-order valence-electron chi connectivity index (χ4n) is 1.87. The third-order valence-corrected chi connectivity index (χ3v) is 3.12. The highest BCUT2D eigenvalue weighted by Crippen LogP contribution is 2.16. The van der Waals surface area contributed by atoms with Crippen LogP contribution in [-0.2, 0) is 0 Å². The molecular weight excluding hydrogens is 278 g/mol. The van der Waals surface area contributed by atoms with Gasteiger partial charge in [0.15, 0.2) is 0 Å². The molecule has 1 rings (SSSR count). The zero-order valence-electron chi connectivity index (χ0n) is 13.3. The van der Waals surface area contributed by atoms with Gasteiger partial charge in [0.05, 0.1) is 6.04 Å². The number of likely N-dealkylation sites (N-methyl/N-ethyl adjacent to an activating group) is 1. The van der Waals surface area contributed by atoms with Crippen molar-refractivity contribution in [2.45, 2.75) is 19.9 Å². The molecule has 2 amide bonds. The standard InChI is InChI=1S/C17H23N3O2/c1-5-18-11-10-13(2)12-20(4)17(22)19-14(3)15-6-8-16(21)9-7-15/h5-11,14,21H,1,12H2,2-4H3,(H,19,22)/b13-10+,18-11?. The maximum atomic E-state index is 12.1. The Morgan fingerprint density at radius 3 is 2.68 bits per heavy atom. The van der Waals surface area contributed by atoms with Crippen molar-refractivity contribution in [2.75, 3.05) is 13.6 Å². The third kappa shape index (κ3) is 5.83. The Morgan fingerprint density at radius 2 is 2.09 bits per heavy atom. The molecule has 22 heavy (non-hydrogen) atoms. The van der Waals surface area contributed by atoms with Crippen molar-refractivity contribution in [3.63, 3.8) is 0 Å². The van der Waals surface area contributed by atoms with Crippen LogP contribution in [0.4, 0.5) is 4.79 Å². The minimum Gasteiger partial charge on any atom is -0.508 e. The van der Waals surface area contributed by atoms with Gasteiger partial charge in [-0.05, 0) is 37.6 Å². The summed E-state index contributed by atoms with van der Waals surface area (Å²) in [4.78, 5) is 17.6. The van der Waals surface area contributed by atoms with E-state index in [9.17, 15) is 9.90 Å². The van der Waals surface area contributed by atoms with Crippen LogP contribution in [0, 0.1) is 0 Å². The SMILES string of the molecule is C=CN=C/C=C(\C)CN(C)C(=O)NC(C)c1ccc(O)cc1. The van der Waals surface area contributed by atoms with Gasteiger partial charge in [0, 0.05) is 26.0 Å². The highest BCUT2D eigenvalue weighted by molar-refractivity contribution is 5.76. The van der Waals surface area contributed by atoms with E-state index in [0.717, 1.165) is 11.1 Å². The monoisotopic (exact) mass is 301 g/mol. The van der Waals surface area contributed by atoms with Gasteiger partial charge in [0.25, 0.3) is 0 Å². The number of carbonyl (C=O) groups is 1. The van der Waals surface area contributed by atoms with E-state index in [0.29, 0.717) is 6.54 Å². The number of hydrogen-bond donors (Lipinski definition) is 2. The Balaban J connectivity index is 2.56. The van der Waals surface area contributed by atoms with Gasteiger partial charge in [0.2, 0.25) is 0 Å². The number of amides is 2. The van der Waals surface area contributed by atoms with Gasteiger partial charge < -0.3 is 15.3 Å². The van der Waals surface area contributed by atoms with Crippen molar-refractivity contribution in [3.05, 3.63) is 54.3 Å². The lowest BCUT2D eigenvalue weighted by molar-refractivity contribution is 0.209. The molecule has 0 aromatic heterocycles. The maximum Gasteiger partial charge on any atom is 0.317 e. The number of benzene rings is 1. The molecule has 1 aromatic rings. The molecule has 5 nitrogen and oxygen atoms in total. The lowest BCUT2D eigenvalue weighted by Gasteiger charge is -2.22. The minimum absolute atomic E-state index is 0.137. The molecule has 0 aliphatic rings. The number of phenolic OH excluding ortho intramolecular Hbond substituents is 1. The summed E-state index contributed by atoms with van der Waals surface area (Å²) < 4.78 is 0. The average Bonchev–Trinajstić information content (AvgIpc) is 2.47. The van der Waals surface area contributed by atoms with E-state index in [2.05, 4.69) is 16.9 Å². The number of aromatic hydroxyl groups is 1. The van der Waals surface area contributed by atoms with Crippen LogP contribution in [0.25, 0.3) is 0 Å². The smallest absolute Gasteiger partial charge is 0.317 e. The largest absolute Gasteiger partial charge is 0.508 e. The number of hydrogen-bond acceptors (Lipinski definition) is 3. The Bertz CT molecular complexity index is 562. The normalized spacial score (nSPS) is 13.0. The Kier molecular flexibility index (Phi) is 6.89. The summed E-state index contributed by atoms with van der Waals surface area (Å²) in [7, 11) is 1.74. The van der Waals surface area contributed by atoms with Gasteiger partial charge in [-0.15, -0.1) is 0 Å². The second-order valence-corrected chi connectivity index (χ2v) is 5.11. The summed E-state index contributed by atoms with van der Waals surface area (Å²) in [6.07, 6.45) is 4.95. The molecule has 1 aromatic carbocycles. The van der Waals surface area contributed by atoms with Crippen molar-refractivity contribution in [2.24, 2.45) is 4.99 Å². The van der Waals surface area contributed by atoms with Gasteiger partial charge in [-0.25, -0.2) is 4.79 Å². The lowest BCUT2D eigenvalue weighted by atomic mass is 10.1. The van der Waals surface area contributed by atoms with Crippen LogP contribution in [0.5, 0.6) is 5.75 Å². The van der Waals surface area contributed by atoms with Crippen LogP contribution in [0.15, 0.2) is 53.7 Å². The van der Waals surface area contributed by atoms with E-state index in [-0.39, 0.29) is 17.8 Å². The predicted molar refractivity (Wildman–Crippen MR) is 90.1 cm³/mol. The van der Waals surface area contributed by atoms with Crippen molar-refractivity contribution < 1.29 is 9.90 Å². The molecule has 1 unspecified atom stereocenters. The van der Waals surface area contributed by atoms with E-state index >= 15 is 0 Å². The fraction of sp³-hybridized carbons (Fsp3) is 0.294. The fourth-order valence-corrected chi connectivity index (χ4v) is 1.87. The Labute approximate surface area is 131 Å². The number of phenols is 1. The zero-order chi connectivity index (χ0) is 16.5. The van der Waals surface area contributed by atoms with Crippen molar-refractivity contribution in [3.8, 4) is 5.75 Å². The van der Waals surface area contributed by atoms with Crippen molar-refractivity contribution >= 4 is 12.2 Å². The molecule has 0 heterocycles. The second-order valence-electron chi connectivity index (χ2n) is 5.11. The van der Waals surface area contributed by atoms with E-state index < -0.39 is 0 Å². The molecule has 118 valence electrons. The van der Waals surface area contributed by atoms with Crippen molar-refractivity contribution in [1.82, 2.24) is 10.2 Å². The molecule has 1 atom stereocenters. The summed E-state index contributed by atoms with van der Waals surface area (Å²) >= 11 is 0. The van der Waals surface area contributed by atoms with Crippen LogP contribution in [0.3, 0.4) is 0 Å².